The first-order valence-electron chi connectivity index (χ1n) is 8.15. The summed E-state index contributed by atoms with van der Waals surface area (Å²) in [6.45, 7) is 11.2. The number of carbonyl (C=O) groups is 2. The summed E-state index contributed by atoms with van der Waals surface area (Å²) in [5, 5.41) is 0. The molecule has 0 aromatic carbocycles. The van der Waals surface area contributed by atoms with Crippen molar-refractivity contribution in [2.75, 3.05) is 39.4 Å². The van der Waals surface area contributed by atoms with Crippen LogP contribution in [0.4, 0.5) is 0 Å². The second kappa shape index (κ2) is 5.06. The number of piperidine rings is 1. The number of fused-ring (bicyclic) bond motifs is 2. The number of rotatable bonds is 3. The second-order valence-electron chi connectivity index (χ2n) is 7.55. The molecule has 0 radical (unpaired) electrons. The predicted octanol–water partition coefficient (Wildman–Crippen LogP) is -0.287. The van der Waals surface area contributed by atoms with Crippen LogP contribution in [0.5, 0.6) is 0 Å². The summed E-state index contributed by atoms with van der Waals surface area (Å²) in [7, 11) is 0. The molecule has 1 aliphatic carbocycles. The molecule has 118 valence electrons. The molecule has 0 spiro atoms. The third-order valence-corrected chi connectivity index (χ3v) is 6.40. The van der Waals surface area contributed by atoms with Gasteiger partial charge in [-0.15, -0.1) is 0 Å². The number of hydrogen-bond donors (Lipinski definition) is 1. The SMILES string of the molecule is CC1(C)[C@H]2CC[C@]1(C)C(=O)N(CC[NH+]1CCOCC1)C2=O. The number of quaternary nitrogens is 1. The van der Waals surface area contributed by atoms with Gasteiger partial charge in [-0.05, 0) is 18.3 Å². The van der Waals surface area contributed by atoms with Gasteiger partial charge in [-0.3, -0.25) is 14.5 Å². The van der Waals surface area contributed by atoms with Gasteiger partial charge in [0.1, 0.15) is 13.1 Å². The molecule has 3 fully saturated rings. The van der Waals surface area contributed by atoms with Crippen LogP contribution in [0.15, 0.2) is 0 Å². The molecule has 2 atom stereocenters. The summed E-state index contributed by atoms with van der Waals surface area (Å²) in [6.07, 6.45) is 1.70. The van der Waals surface area contributed by atoms with Gasteiger partial charge in [0, 0.05) is 5.92 Å². The number of amides is 2. The van der Waals surface area contributed by atoms with Crippen LogP contribution in [0.25, 0.3) is 0 Å². The Bertz CT molecular complexity index is 456. The number of morpholine rings is 1. The molecule has 0 aromatic rings. The molecule has 3 rings (SSSR count). The Balaban J connectivity index is 1.72. The lowest BCUT2D eigenvalue weighted by atomic mass is 9.62. The van der Waals surface area contributed by atoms with Crippen LogP contribution < -0.4 is 4.90 Å². The maximum Gasteiger partial charge on any atom is 0.235 e. The first-order valence-corrected chi connectivity index (χ1v) is 8.15. The Kier molecular flexibility index (Phi) is 3.61. The lowest BCUT2D eigenvalue weighted by Gasteiger charge is -2.47. The van der Waals surface area contributed by atoms with Gasteiger partial charge >= 0.3 is 0 Å². The molecule has 0 aromatic heterocycles. The van der Waals surface area contributed by atoms with Crippen LogP contribution in [-0.2, 0) is 14.3 Å². The predicted molar refractivity (Wildman–Crippen MR) is 77.7 cm³/mol. The van der Waals surface area contributed by atoms with Crippen molar-refractivity contribution in [3.05, 3.63) is 0 Å². The molecule has 2 bridgehead atoms. The Morgan fingerprint density at radius 2 is 1.90 bits per heavy atom. The molecule has 5 nitrogen and oxygen atoms in total. The molecule has 0 unspecified atom stereocenters. The van der Waals surface area contributed by atoms with Crippen molar-refractivity contribution in [1.29, 1.82) is 0 Å². The summed E-state index contributed by atoms with van der Waals surface area (Å²) in [4.78, 5) is 28.6. The van der Waals surface area contributed by atoms with Crippen LogP contribution in [0.3, 0.4) is 0 Å². The van der Waals surface area contributed by atoms with Gasteiger partial charge in [0.05, 0.1) is 31.7 Å². The minimum atomic E-state index is -0.369. The summed E-state index contributed by atoms with van der Waals surface area (Å²) in [5.41, 5.74) is -0.574. The molecular formula is C16H27N2O3+. The van der Waals surface area contributed by atoms with Crippen LogP contribution in [0, 0.1) is 16.7 Å². The quantitative estimate of drug-likeness (QED) is 0.728. The first-order chi connectivity index (χ1) is 9.88. The number of carbonyl (C=O) groups excluding carboxylic acids is 2. The molecule has 1 saturated carbocycles. The Hall–Kier alpha value is -0.940. The van der Waals surface area contributed by atoms with Crippen molar-refractivity contribution in [1.82, 2.24) is 4.90 Å². The van der Waals surface area contributed by atoms with E-state index >= 15 is 0 Å². The Labute approximate surface area is 126 Å². The lowest BCUT2D eigenvalue weighted by Crippen LogP contribution is -3.14. The number of nitrogens with one attached hydrogen (secondary N) is 1. The molecule has 2 aliphatic heterocycles. The van der Waals surface area contributed by atoms with Crippen LogP contribution in [-0.4, -0.2) is 56.1 Å². The molecule has 2 heterocycles. The maximum atomic E-state index is 12.9. The number of ether oxygens (including phenoxy) is 1. The van der Waals surface area contributed by atoms with E-state index in [0.717, 1.165) is 45.7 Å². The lowest BCUT2D eigenvalue weighted by molar-refractivity contribution is -0.907. The van der Waals surface area contributed by atoms with E-state index in [1.807, 2.05) is 0 Å². The topological polar surface area (TPSA) is 51.1 Å². The van der Waals surface area contributed by atoms with Gasteiger partial charge in [-0.25, -0.2) is 0 Å². The van der Waals surface area contributed by atoms with Gasteiger partial charge in [0.15, 0.2) is 0 Å². The minimum Gasteiger partial charge on any atom is -0.370 e. The van der Waals surface area contributed by atoms with Crippen molar-refractivity contribution >= 4 is 11.8 Å². The van der Waals surface area contributed by atoms with Crippen molar-refractivity contribution < 1.29 is 19.2 Å². The zero-order valence-corrected chi connectivity index (χ0v) is 13.4. The van der Waals surface area contributed by atoms with E-state index in [1.54, 1.807) is 4.90 Å². The van der Waals surface area contributed by atoms with Crippen molar-refractivity contribution in [2.45, 2.75) is 33.6 Å². The highest BCUT2D eigenvalue weighted by Gasteiger charge is 2.64. The fourth-order valence-electron chi connectivity index (χ4n) is 4.29. The van der Waals surface area contributed by atoms with E-state index in [2.05, 4.69) is 20.8 Å². The van der Waals surface area contributed by atoms with Crippen molar-refractivity contribution in [2.24, 2.45) is 16.7 Å². The van der Waals surface area contributed by atoms with Crippen molar-refractivity contribution in [3.8, 4) is 0 Å². The molecule has 2 amide bonds. The van der Waals surface area contributed by atoms with Crippen LogP contribution in [0.1, 0.15) is 33.6 Å². The molecular weight excluding hydrogens is 268 g/mol. The average Bonchev–Trinajstić information content (AvgIpc) is 2.65. The normalized spacial score (nSPS) is 36.3. The fourth-order valence-corrected chi connectivity index (χ4v) is 4.29. The molecule has 3 aliphatic rings. The average molecular weight is 295 g/mol. The van der Waals surface area contributed by atoms with E-state index in [-0.39, 0.29) is 28.6 Å². The van der Waals surface area contributed by atoms with Gasteiger partial charge < -0.3 is 9.64 Å². The summed E-state index contributed by atoms with van der Waals surface area (Å²) < 4.78 is 5.35. The third kappa shape index (κ3) is 2.13. The number of imide groups is 1. The summed E-state index contributed by atoms with van der Waals surface area (Å²) in [6, 6.07) is 0. The van der Waals surface area contributed by atoms with Crippen LogP contribution in [0.2, 0.25) is 0 Å². The van der Waals surface area contributed by atoms with E-state index < -0.39 is 0 Å². The highest BCUT2D eigenvalue weighted by Crippen LogP contribution is 2.59. The van der Waals surface area contributed by atoms with E-state index in [0.29, 0.717) is 6.54 Å². The van der Waals surface area contributed by atoms with Gasteiger partial charge in [-0.2, -0.15) is 0 Å². The summed E-state index contributed by atoms with van der Waals surface area (Å²) in [5.74, 6) is 0.131. The molecule has 5 heteroatoms. The molecule has 21 heavy (non-hydrogen) atoms. The largest absolute Gasteiger partial charge is 0.370 e. The molecule has 1 N–H and O–H groups in total. The maximum absolute atomic E-state index is 12.9. The number of hydrogen-bond acceptors (Lipinski definition) is 3. The highest BCUT2D eigenvalue weighted by atomic mass is 16.5. The summed E-state index contributed by atoms with van der Waals surface area (Å²) >= 11 is 0. The monoisotopic (exact) mass is 295 g/mol. The van der Waals surface area contributed by atoms with Gasteiger partial charge in [-0.1, -0.05) is 20.8 Å². The van der Waals surface area contributed by atoms with Crippen LogP contribution >= 0.6 is 0 Å². The van der Waals surface area contributed by atoms with E-state index in [1.165, 1.54) is 4.90 Å². The number of likely N-dealkylation sites (tertiary alicyclic amines) is 1. The third-order valence-electron chi connectivity index (χ3n) is 6.40. The smallest absolute Gasteiger partial charge is 0.235 e. The zero-order chi connectivity index (χ0) is 15.3. The van der Waals surface area contributed by atoms with E-state index in [9.17, 15) is 9.59 Å². The highest BCUT2D eigenvalue weighted by molar-refractivity contribution is 6.03. The van der Waals surface area contributed by atoms with Crippen molar-refractivity contribution in [3.63, 3.8) is 0 Å². The van der Waals surface area contributed by atoms with Gasteiger partial charge in [0.25, 0.3) is 0 Å². The zero-order valence-electron chi connectivity index (χ0n) is 13.4. The minimum absolute atomic E-state index is 0.0138. The first kappa shape index (κ1) is 15.0. The van der Waals surface area contributed by atoms with E-state index in [4.69, 9.17) is 4.74 Å². The Morgan fingerprint density at radius 1 is 1.24 bits per heavy atom. The fraction of sp³-hybridized carbons (Fsp3) is 0.875. The number of nitrogens with zero attached hydrogens (tertiary/aromatic N) is 1. The van der Waals surface area contributed by atoms with Gasteiger partial charge in [0.2, 0.25) is 11.8 Å². The standard InChI is InChI=1S/C16H26N2O3/c1-15(2)12-4-5-16(15,3)14(20)18(13(12)19)7-6-17-8-10-21-11-9-17/h12H,4-11H2,1-3H3/p+1/t12-,16+/m0/s1. The molecule has 2 saturated heterocycles. The Morgan fingerprint density at radius 3 is 2.57 bits per heavy atom. The second-order valence-corrected chi connectivity index (χ2v) is 7.55.